The zero-order chi connectivity index (χ0) is 15.6. The second-order valence-corrected chi connectivity index (χ2v) is 5.76. The number of nitrogens with one attached hydrogen (secondary N) is 1. The first kappa shape index (κ1) is 16.3. The van der Waals surface area contributed by atoms with Crippen LogP contribution in [0.3, 0.4) is 0 Å². The Labute approximate surface area is 138 Å². The average Bonchev–Trinajstić information content (AvgIpc) is 2.35. The molecule has 1 aromatic carbocycles. The summed E-state index contributed by atoms with van der Waals surface area (Å²) in [6.45, 7) is 0. The van der Waals surface area contributed by atoms with E-state index in [0.29, 0.717) is 8.95 Å². The van der Waals surface area contributed by atoms with Crippen LogP contribution in [-0.2, 0) is 0 Å². The normalized spacial score (nSPS) is 11.3. The lowest BCUT2D eigenvalue weighted by Crippen LogP contribution is -2.18. The minimum Gasteiger partial charge on any atom is -0.404 e. The van der Waals surface area contributed by atoms with Gasteiger partial charge in [0, 0.05) is 10.7 Å². The summed E-state index contributed by atoms with van der Waals surface area (Å²) in [5.74, 6) is -0.192. The number of halogens is 6. The van der Waals surface area contributed by atoms with Crippen molar-refractivity contribution >= 4 is 55.0 Å². The molecule has 10 heteroatoms. The van der Waals surface area contributed by atoms with Gasteiger partial charge in [0.05, 0.1) is 10.2 Å². The Bertz CT molecular complexity index is 670. The minimum absolute atomic E-state index is 0.0453. The standard InChI is InChI=1S/C11H5Br2ClF3N3O/c12-5-1-2-7(8(3-5)21-11(15,16)17)19-9-6(13)4-18-10(14)20-9/h1-4H,(H,18,19,20). The molecule has 0 atom stereocenters. The fraction of sp³-hybridized carbons (Fsp3) is 0.0909. The van der Waals surface area contributed by atoms with Crippen LogP contribution in [0.4, 0.5) is 24.7 Å². The first-order valence-electron chi connectivity index (χ1n) is 5.25. The lowest BCUT2D eigenvalue weighted by Gasteiger charge is -2.15. The molecule has 0 saturated heterocycles. The van der Waals surface area contributed by atoms with Crippen LogP contribution in [0.15, 0.2) is 33.3 Å². The molecule has 0 aliphatic heterocycles. The molecule has 1 N–H and O–H groups in total. The third-order valence-corrected chi connectivity index (χ3v) is 3.39. The van der Waals surface area contributed by atoms with Crippen molar-refractivity contribution < 1.29 is 17.9 Å². The van der Waals surface area contributed by atoms with Crippen molar-refractivity contribution in [1.82, 2.24) is 9.97 Å². The zero-order valence-corrected chi connectivity index (χ0v) is 13.8. The van der Waals surface area contributed by atoms with Gasteiger partial charge in [-0.25, -0.2) is 4.98 Å². The van der Waals surface area contributed by atoms with Gasteiger partial charge in [0.2, 0.25) is 5.28 Å². The molecule has 112 valence electrons. The molecule has 0 aliphatic rings. The van der Waals surface area contributed by atoms with Crippen LogP contribution in [0, 0.1) is 0 Å². The van der Waals surface area contributed by atoms with Gasteiger partial charge in [-0.2, -0.15) is 4.98 Å². The number of alkyl halides is 3. The molecule has 0 spiro atoms. The highest BCUT2D eigenvalue weighted by Crippen LogP contribution is 2.35. The number of hydrogen-bond acceptors (Lipinski definition) is 4. The predicted molar refractivity (Wildman–Crippen MR) is 78.8 cm³/mol. The van der Waals surface area contributed by atoms with E-state index in [0.717, 1.165) is 0 Å². The average molecular weight is 447 g/mol. The molecule has 0 unspecified atom stereocenters. The summed E-state index contributed by atoms with van der Waals surface area (Å²) in [4.78, 5) is 7.60. The van der Waals surface area contributed by atoms with Gasteiger partial charge in [-0.15, -0.1) is 13.2 Å². The number of anilines is 2. The Morgan fingerprint density at radius 3 is 2.62 bits per heavy atom. The maximum atomic E-state index is 12.4. The number of nitrogens with zero attached hydrogens (tertiary/aromatic N) is 2. The Balaban J connectivity index is 2.37. The van der Waals surface area contributed by atoms with Gasteiger partial charge in [0.1, 0.15) is 5.82 Å². The number of aromatic nitrogens is 2. The van der Waals surface area contributed by atoms with Gasteiger partial charge in [0.25, 0.3) is 0 Å². The monoisotopic (exact) mass is 445 g/mol. The summed E-state index contributed by atoms with van der Waals surface area (Å²) in [7, 11) is 0. The minimum atomic E-state index is -4.81. The maximum absolute atomic E-state index is 12.4. The summed E-state index contributed by atoms with van der Waals surface area (Å²) < 4.78 is 42.1. The Morgan fingerprint density at radius 1 is 1.24 bits per heavy atom. The van der Waals surface area contributed by atoms with Crippen molar-refractivity contribution in [1.29, 1.82) is 0 Å². The quantitative estimate of drug-likeness (QED) is 0.649. The number of benzene rings is 1. The van der Waals surface area contributed by atoms with Crippen molar-refractivity contribution in [2.24, 2.45) is 0 Å². The summed E-state index contributed by atoms with van der Waals surface area (Å²) in [5.41, 5.74) is 0.0750. The van der Waals surface area contributed by atoms with Crippen molar-refractivity contribution in [3.63, 3.8) is 0 Å². The van der Waals surface area contributed by atoms with Gasteiger partial charge in [0.15, 0.2) is 5.75 Å². The van der Waals surface area contributed by atoms with Crippen molar-refractivity contribution in [3.8, 4) is 5.75 Å². The molecule has 2 aromatic rings. The molecule has 2 rings (SSSR count). The highest BCUT2D eigenvalue weighted by atomic mass is 79.9. The molecule has 21 heavy (non-hydrogen) atoms. The SMILES string of the molecule is FC(F)(F)Oc1cc(Br)ccc1Nc1nc(Cl)ncc1Br. The predicted octanol–water partition coefficient (Wildman–Crippen LogP) is 5.30. The molecular weight excluding hydrogens is 442 g/mol. The van der Waals surface area contributed by atoms with Crippen molar-refractivity contribution in [2.45, 2.75) is 6.36 Å². The molecule has 1 heterocycles. The molecule has 0 saturated carbocycles. The topological polar surface area (TPSA) is 47.0 Å². The van der Waals surface area contributed by atoms with Crippen LogP contribution in [0.5, 0.6) is 5.75 Å². The molecule has 0 aliphatic carbocycles. The number of hydrogen-bond donors (Lipinski definition) is 1. The van der Waals surface area contributed by atoms with E-state index < -0.39 is 12.1 Å². The van der Waals surface area contributed by atoms with Gasteiger partial charge < -0.3 is 10.1 Å². The Kier molecular flexibility index (Phi) is 4.95. The number of rotatable bonds is 3. The Hall–Kier alpha value is -1.06. The van der Waals surface area contributed by atoms with Crippen LogP contribution in [0.1, 0.15) is 0 Å². The number of ether oxygens (including phenoxy) is 1. The largest absolute Gasteiger partial charge is 0.573 e. The van der Waals surface area contributed by atoms with E-state index in [-0.39, 0.29) is 16.8 Å². The first-order chi connectivity index (χ1) is 9.74. The van der Waals surface area contributed by atoms with E-state index in [4.69, 9.17) is 11.6 Å². The summed E-state index contributed by atoms with van der Waals surface area (Å²) in [6, 6.07) is 4.16. The van der Waals surface area contributed by atoms with Gasteiger partial charge >= 0.3 is 6.36 Å². The van der Waals surface area contributed by atoms with Gasteiger partial charge in [-0.3, -0.25) is 0 Å². The van der Waals surface area contributed by atoms with Crippen LogP contribution in [0.25, 0.3) is 0 Å². The van der Waals surface area contributed by atoms with Crippen LogP contribution < -0.4 is 10.1 Å². The smallest absolute Gasteiger partial charge is 0.404 e. The van der Waals surface area contributed by atoms with E-state index in [9.17, 15) is 13.2 Å². The summed E-state index contributed by atoms with van der Waals surface area (Å²) in [6.07, 6.45) is -3.43. The molecule has 4 nitrogen and oxygen atoms in total. The van der Waals surface area contributed by atoms with E-state index in [1.54, 1.807) is 6.07 Å². The third kappa shape index (κ3) is 4.72. The molecule has 0 bridgehead atoms. The molecule has 0 amide bonds. The Morgan fingerprint density at radius 2 is 1.95 bits per heavy atom. The lowest BCUT2D eigenvalue weighted by molar-refractivity contribution is -0.274. The second kappa shape index (κ2) is 6.37. The van der Waals surface area contributed by atoms with E-state index in [1.165, 1.54) is 18.3 Å². The third-order valence-electron chi connectivity index (χ3n) is 2.14. The molecular formula is C11H5Br2ClF3N3O. The van der Waals surface area contributed by atoms with Crippen LogP contribution >= 0.6 is 43.5 Å². The fourth-order valence-corrected chi connectivity index (χ4v) is 2.13. The van der Waals surface area contributed by atoms with E-state index >= 15 is 0 Å². The molecule has 0 radical (unpaired) electrons. The second-order valence-electron chi connectivity index (χ2n) is 3.65. The van der Waals surface area contributed by atoms with E-state index in [1.807, 2.05) is 0 Å². The fourth-order valence-electron chi connectivity index (χ4n) is 1.37. The summed E-state index contributed by atoms with van der Waals surface area (Å²) >= 11 is 11.9. The van der Waals surface area contributed by atoms with Gasteiger partial charge in [-0.05, 0) is 45.7 Å². The lowest BCUT2D eigenvalue weighted by atomic mass is 10.3. The summed E-state index contributed by atoms with van der Waals surface area (Å²) in [5, 5.41) is 2.66. The van der Waals surface area contributed by atoms with Gasteiger partial charge in [-0.1, -0.05) is 15.9 Å². The van der Waals surface area contributed by atoms with E-state index in [2.05, 4.69) is 51.9 Å². The van der Waals surface area contributed by atoms with Crippen molar-refractivity contribution in [3.05, 3.63) is 38.6 Å². The highest BCUT2D eigenvalue weighted by molar-refractivity contribution is 9.10. The van der Waals surface area contributed by atoms with Crippen LogP contribution in [-0.4, -0.2) is 16.3 Å². The van der Waals surface area contributed by atoms with Crippen molar-refractivity contribution in [2.75, 3.05) is 5.32 Å². The molecule has 0 fully saturated rings. The maximum Gasteiger partial charge on any atom is 0.573 e. The van der Waals surface area contributed by atoms with Crippen LogP contribution in [0.2, 0.25) is 5.28 Å². The first-order valence-corrected chi connectivity index (χ1v) is 7.21. The molecule has 1 aromatic heterocycles. The zero-order valence-electron chi connectivity index (χ0n) is 9.88. The highest BCUT2D eigenvalue weighted by Gasteiger charge is 2.32.